The maximum atomic E-state index is 11.6. The van der Waals surface area contributed by atoms with Gasteiger partial charge in [0, 0.05) is 23.8 Å². The minimum absolute atomic E-state index is 0.455. The van der Waals surface area contributed by atoms with Gasteiger partial charge in [-0.15, -0.1) is 11.3 Å². The first-order valence-electron chi connectivity index (χ1n) is 9.68. The van der Waals surface area contributed by atoms with Gasteiger partial charge in [-0.3, -0.25) is 14.9 Å². The van der Waals surface area contributed by atoms with Crippen LogP contribution in [0.4, 0.5) is 0 Å². The molecule has 2 aromatic carbocycles. The largest absolute Gasteiger partial charge is 0.310 e. The number of piperidine rings is 1. The van der Waals surface area contributed by atoms with Crippen molar-refractivity contribution in [3.05, 3.63) is 70.6 Å². The summed E-state index contributed by atoms with van der Waals surface area (Å²) >= 11 is 1.40. The molecule has 5 nitrogen and oxygen atoms in total. The van der Waals surface area contributed by atoms with E-state index in [1.807, 2.05) is 12.1 Å². The molecule has 1 aromatic heterocycles. The molecule has 1 aliphatic rings. The normalized spacial score (nSPS) is 15.8. The summed E-state index contributed by atoms with van der Waals surface area (Å²) in [5, 5.41) is 13.5. The zero-order valence-corrected chi connectivity index (χ0v) is 16.5. The number of likely N-dealkylation sites (tertiary alicyclic amines) is 1. The topological polar surface area (TPSA) is 64.6 Å². The highest BCUT2D eigenvalue weighted by molar-refractivity contribution is 7.20. The van der Waals surface area contributed by atoms with Crippen LogP contribution in [-0.4, -0.2) is 35.1 Å². The van der Waals surface area contributed by atoms with Crippen LogP contribution in [0.3, 0.4) is 0 Å². The molecule has 6 heteroatoms. The molecule has 0 unspecified atom stereocenters. The number of nitrogens with one attached hydrogen (secondary N) is 2. The number of fused-ring (bicyclic) bond motifs is 1. The Labute approximate surface area is 168 Å². The highest BCUT2D eigenvalue weighted by Crippen LogP contribution is 2.27. The van der Waals surface area contributed by atoms with Crippen molar-refractivity contribution in [2.45, 2.75) is 32.0 Å². The predicted molar refractivity (Wildman–Crippen MR) is 113 cm³/mol. The zero-order valence-electron chi connectivity index (χ0n) is 15.7. The molecule has 1 amide bonds. The summed E-state index contributed by atoms with van der Waals surface area (Å²) in [6.45, 7) is 4.11. The van der Waals surface area contributed by atoms with E-state index in [9.17, 15) is 4.79 Å². The number of rotatable bonds is 6. The van der Waals surface area contributed by atoms with Crippen LogP contribution in [0.5, 0.6) is 0 Å². The molecule has 0 saturated carbocycles. The van der Waals surface area contributed by atoms with Crippen LogP contribution in [0.1, 0.15) is 33.6 Å². The molecule has 1 saturated heterocycles. The third-order valence-corrected chi connectivity index (χ3v) is 6.44. The Balaban J connectivity index is 1.28. The van der Waals surface area contributed by atoms with Gasteiger partial charge in [-0.2, -0.15) is 0 Å². The van der Waals surface area contributed by atoms with Crippen LogP contribution in [-0.2, 0) is 13.1 Å². The highest BCUT2D eigenvalue weighted by atomic mass is 32.1. The van der Waals surface area contributed by atoms with Crippen LogP contribution in [0.25, 0.3) is 10.1 Å². The Kier molecular flexibility index (Phi) is 6.02. The predicted octanol–water partition coefficient (Wildman–Crippen LogP) is 3.77. The molecule has 2 heterocycles. The van der Waals surface area contributed by atoms with E-state index < -0.39 is 5.91 Å². The van der Waals surface area contributed by atoms with Gasteiger partial charge in [0.05, 0.1) is 4.88 Å². The van der Waals surface area contributed by atoms with Crippen LogP contribution in [0, 0.1) is 0 Å². The van der Waals surface area contributed by atoms with Crippen molar-refractivity contribution >= 4 is 27.3 Å². The number of amides is 1. The quantitative estimate of drug-likeness (QED) is 0.439. The molecule has 28 heavy (non-hydrogen) atoms. The number of hydrogen-bond donors (Lipinski definition) is 3. The summed E-state index contributed by atoms with van der Waals surface area (Å²) in [6, 6.07) is 19.3. The standard InChI is InChI=1S/C22H25N3O2S/c26-22(24-27)21-13-18-7-6-17(12-20(18)28-21)14-23-19-8-10-25(11-9-19)15-16-4-2-1-3-5-16/h1-7,12-13,19,23,27H,8-11,14-15H2,(H,24,26). The van der Waals surface area contributed by atoms with Crippen LogP contribution in [0.15, 0.2) is 54.6 Å². The molecule has 3 aromatic rings. The Morgan fingerprint density at radius 2 is 1.86 bits per heavy atom. The SMILES string of the molecule is O=C(NO)c1cc2ccc(CNC3CCN(Cc4ccccc4)CC3)cc2s1. The lowest BCUT2D eigenvalue weighted by Gasteiger charge is -2.32. The Bertz CT molecular complexity index is 933. The molecule has 0 aliphatic carbocycles. The number of carbonyl (C=O) groups is 1. The molecule has 1 aliphatic heterocycles. The fourth-order valence-corrected chi connectivity index (χ4v) is 4.77. The van der Waals surface area contributed by atoms with Crippen LogP contribution >= 0.6 is 11.3 Å². The van der Waals surface area contributed by atoms with Gasteiger partial charge in [0.2, 0.25) is 0 Å². The molecular formula is C22H25N3O2S. The number of carbonyl (C=O) groups excluding carboxylic acids is 1. The third kappa shape index (κ3) is 4.59. The second kappa shape index (κ2) is 8.84. The number of hydroxylamine groups is 1. The molecule has 0 radical (unpaired) electrons. The van der Waals surface area contributed by atoms with Crippen molar-refractivity contribution in [3.8, 4) is 0 Å². The van der Waals surface area contributed by atoms with Gasteiger partial charge in [0.25, 0.3) is 5.91 Å². The second-order valence-electron chi connectivity index (χ2n) is 7.34. The van der Waals surface area contributed by atoms with Crippen molar-refractivity contribution in [1.82, 2.24) is 15.7 Å². The van der Waals surface area contributed by atoms with E-state index in [0.717, 1.165) is 49.1 Å². The van der Waals surface area contributed by atoms with E-state index in [4.69, 9.17) is 5.21 Å². The van der Waals surface area contributed by atoms with E-state index in [2.05, 4.69) is 52.7 Å². The molecule has 1 fully saturated rings. The summed E-state index contributed by atoms with van der Waals surface area (Å²) in [4.78, 5) is 14.6. The van der Waals surface area contributed by atoms with Crippen molar-refractivity contribution in [1.29, 1.82) is 0 Å². The first-order valence-corrected chi connectivity index (χ1v) is 10.5. The molecule has 0 spiro atoms. The summed E-state index contributed by atoms with van der Waals surface area (Å²) in [5.74, 6) is -0.455. The molecular weight excluding hydrogens is 370 g/mol. The van der Waals surface area contributed by atoms with Crippen LogP contribution < -0.4 is 10.8 Å². The van der Waals surface area contributed by atoms with Gasteiger partial charge >= 0.3 is 0 Å². The van der Waals surface area contributed by atoms with Gasteiger partial charge < -0.3 is 5.32 Å². The maximum Gasteiger partial charge on any atom is 0.284 e. The molecule has 3 N–H and O–H groups in total. The minimum Gasteiger partial charge on any atom is -0.310 e. The minimum atomic E-state index is -0.455. The van der Waals surface area contributed by atoms with Crippen molar-refractivity contribution in [3.63, 3.8) is 0 Å². The van der Waals surface area contributed by atoms with Crippen molar-refractivity contribution in [2.24, 2.45) is 0 Å². The average Bonchev–Trinajstić information content (AvgIpc) is 3.17. The molecule has 0 bridgehead atoms. The van der Waals surface area contributed by atoms with E-state index in [-0.39, 0.29) is 0 Å². The Morgan fingerprint density at radius 3 is 2.61 bits per heavy atom. The van der Waals surface area contributed by atoms with E-state index >= 15 is 0 Å². The lowest BCUT2D eigenvalue weighted by molar-refractivity contribution is 0.0711. The second-order valence-corrected chi connectivity index (χ2v) is 8.42. The smallest absolute Gasteiger partial charge is 0.284 e. The fraction of sp³-hybridized carbons (Fsp3) is 0.318. The van der Waals surface area contributed by atoms with Crippen LogP contribution in [0.2, 0.25) is 0 Å². The Hall–Kier alpha value is -2.25. The number of thiophene rings is 1. The van der Waals surface area contributed by atoms with Gasteiger partial charge in [-0.25, -0.2) is 5.48 Å². The van der Waals surface area contributed by atoms with Gasteiger partial charge in [-0.1, -0.05) is 42.5 Å². The van der Waals surface area contributed by atoms with E-state index in [0.29, 0.717) is 10.9 Å². The lowest BCUT2D eigenvalue weighted by atomic mass is 10.0. The first-order chi connectivity index (χ1) is 13.7. The fourth-order valence-electron chi connectivity index (χ4n) is 3.75. The van der Waals surface area contributed by atoms with Gasteiger partial charge in [0.1, 0.15) is 0 Å². The van der Waals surface area contributed by atoms with E-state index in [1.54, 1.807) is 5.48 Å². The monoisotopic (exact) mass is 395 g/mol. The number of hydrogen-bond acceptors (Lipinski definition) is 5. The summed E-state index contributed by atoms with van der Waals surface area (Å²) in [5.41, 5.74) is 4.30. The van der Waals surface area contributed by atoms with Gasteiger partial charge in [0.15, 0.2) is 0 Å². The molecule has 146 valence electrons. The summed E-state index contributed by atoms with van der Waals surface area (Å²) in [7, 11) is 0. The zero-order chi connectivity index (χ0) is 19.3. The van der Waals surface area contributed by atoms with Gasteiger partial charge in [-0.05, 0) is 54.6 Å². The lowest BCUT2D eigenvalue weighted by Crippen LogP contribution is -2.41. The Morgan fingerprint density at radius 1 is 1.07 bits per heavy atom. The third-order valence-electron chi connectivity index (χ3n) is 5.34. The number of benzene rings is 2. The first kappa shape index (κ1) is 19.1. The molecule has 4 rings (SSSR count). The van der Waals surface area contributed by atoms with E-state index in [1.165, 1.54) is 22.5 Å². The highest BCUT2D eigenvalue weighted by Gasteiger charge is 2.19. The maximum absolute atomic E-state index is 11.6. The number of nitrogens with zero attached hydrogens (tertiary/aromatic N) is 1. The summed E-state index contributed by atoms with van der Waals surface area (Å²) in [6.07, 6.45) is 2.32. The van der Waals surface area contributed by atoms with Crippen molar-refractivity contribution < 1.29 is 10.0 Å². The molecule has 0 atom stereocenters. The average molecular weight is 396 g/mol. The summed E-state index contributed by atoms with van der Waals surface area (Å²) < 4.78 is 1.07. The van der Waals surface area contributed by atoms with Crippen molar-refractivity contribution in [2.75, 3.05) is 13.1 Å².